The van der Waals surface area contributed by atoms with Crippen LogP contribution >= 0.6 is 15.9 Å². The van der Waals surface area contributed by atoms with Crippen LogP contribution in [0.5, 0.6) is 0 Å². The lowest BCUT2D eigenvalue weighted by Gasteiger charge is -2.30. The van der Waals surface area contributed by atoms with E-state index in [0.717, 1.165) is 35.5 Å². The molecule has 0 saturated carbocycles. The van der Waals surface area contributed by atoms with Crippen molar-refractivity contribution in [2.45, 2.75) is 19.8 Å². The van der Waals surface area contributed by atoms with E-state index in [0.29, 0.717) is 5.69 Å². The van der Waals surface area contributed by atoms with Gasteiger partial charge in [-0.2, -0.15) is 10.4 Å². The van der Waals surface area contributed by atoms with Crippen molar-refractivity contribution in [1.82, 2.24) is 4.90 Å². The molecule has 10 heteroatoms. The number of carbonyl (C=O) groups is 3. The van der Waals surface area contributed by atoms with E-state index in [-0.39, 0.29) is 45.9 Å². The molecule has 168 valence electrons. The number of rotatable bonds is 5. The van der Waals surface area contributed by atoms with Gasteiger partial charge in [0.25, 0.3) is 11.8 Å². The first-order valence-corrected chi connectivity index (χ1v) is 11.2. The third kappa shape index (κ3) is 4.00. The summed E-state index contributed by atoms with van der Waals surface area (Å²) >= 11 is 3.36. The van der Waals surface area contributed by atoms with E-state index >= 15 is 0 Å². The molecule has 0 N–H and O–H groups in total. The van der Waals surface area contributed by atoms with Crippen molar-refractivity contribution in [1.29, 1.82) is 5.26 Å². The van der Waals surface area contributed by atoms with Gasteiger partial charge >= 0.3 is 5.97 Å². The van der Waals surface area contributed by atoms with Crippen LogP contribution in [0, 0.1) is 11.3 Å². The van der Waals surface area contributed by atoms with E-state index in [9.17, 15) is 19.6 Å². The Hall–Kier alpha value is -3.58. The zero-order valence-corrected chi connectivity index (χ0v) is 19.7. The van der Waals surface area contributed by atoms with Crippen LogP contribution in [-0.2, 0) is 16.0 Å². The number of fused-ring (bicyclic) bond motifs is 2. The summed E-state index contributed by atoms with van der Waals surface area (Å²) in [6, 6.07) is 8.98. The summed E-state index contributed by atoms with van der Waals surface area (Å²) in [5, 5.41) is 18.1. The van der Waals surface area contributed by atoms with Crippen molar-refractivity contribution in [2.24, 2.45) is 10.2 Å². The highest BCUT2D eigenvalue weighted by atomic mass is 79.9. The molecule has 33 heavy (non-hydrogen) atoms. The number of carbonyl (C=O) groups excluding carboxylic acids is 3. The molecule has 0 bridgehead atoms. The number of nitrogens with zero attached hydrogens (tertiary/aromatic N) is 5. The van der Waals surface area contributed by atoms with Crippen molar-refractivity contribution in [3.05, 3.63) is 51.0 Å². The Balaban J connectivity index is 1.68. The van der Waals surface area contributed by atoms with Gasteiger partial charge in [-0.3, -0.25) is 19.3 Å². The van der Waals surface area contributed by atoms with E-state index in [4.69, 9.17) is 4.74 Å². The number of halogens is 1. The Morgan fingerprint density at radius 1 is 1.24 bits per heavy atom. The average molecular weight is 510 g/mol. The van der Waals surface area contributed by atoms with Crippen molar-refractivity contribution < 1.29 is 19.1 Å². The number of azo groups is 1. The highest BCUT2D eigenvalue weighted by Crippen LogP contribution is 2.40. The Morgan fingerprint density at radius 3 is 2.73 bits per heavy atom. The first-order chi connectivity index (χ1) is 15.9. The number of ether oxygens (including phenoxy) is 1. The lowest BCUT2D eigenvalue weighted by Crippen LogP contribution is -2.34. The zero-order chi connectivity index (χ0) is 23.7. The van der Waals surface area contributed by atoms with E-state index < -0.39 is 11.8 Å². The van der Waals surface area contributed by atoms with E-state index in [1.807, 2.05) is 23.1 Å². The molecule has 9 nitrogen and oxygen atoms in total. The van der Waals surface area contributed by atoms with Crippen molar-refractivity contribution in [3.8, 4) is 6.07 Å². The normalized spacial score (nSPS) is 15.0. The van der Waals surface area contributed by atoms with Gasteiger partial charge in [0.2, 0.25) is 0 Å². The minimum atomic E-state index is -0.426. The molecule has 2 heterocycles. The Kier molecular flexibility index (Phi) is 6.24. The first-order valence-electron chi connectivity index (χ1n) is 10.4. The molecular weight excluding hydrogens is 490 g/mol. The van der Waals surface area contributed by atoms with Gasteiger partial charge in [0, 0.05) is 18.8 Å². The van der Waals surface area contributed by atoms with Gasteiger partial charge in [-0.05, 0) is 65.5 Å². The maximum atomic E-state index is 12.7. The minimum Gasteiger partial charge on any atom is -0.468 e. The van der Waals surface area contributed by atoms with E-state index in [1.165, 1.54) is 13.2 Å². The number of methoxy groups -OCH3 is 1. The Bertz CT molecular complexity index is 1250. The molecule has 0 spiro atoms. The standard InChI is InChI=1S/C23H20BrN5O4/c1-3-29-22(31)16-10-14(11-25)21(20(24)19(16)23(29)32)27-26-15-6-7-17-13(9-15)5-4-8-28(17)12-18(30)33-2/h6-7,9-10H,3-5,8,12H2,1-2H3. The fraction of sp³-hybridized carbons (Fsp3) is 0.304. The van der Waals surface area contributed by atoms with Crippen LogP contribution in [0.1, 0.15) is 45.2 Å². The molecule has 0 aromatic heterocycles. The van der Waals surface area contributed by atoms with Crippen molar-refractivity contribution >= 4 is 50.8 Å². The summed E-state index contributed by atoms with van der Waals surface area (Å²) in [5.41, 5.74) is 3.27. The lowest BCUT2D eigenvalue weighted by molar-refractivity contribution is -0.138. The van der Waals surface area contributed by atoms with E-state index in [1.54, 1.807) is 13.0 Å². The number of hydrogen-bond acceptors (Lipinski definition) is 8. The topological polar surface area (TPSA) is 115 Å². The molecule has 0 radical (unpaired) electrons. The highest BCUT2D eigenvalue weighted by Gasteiger charge is 2.38. The van der Waals surface area contributed by atoms with Gasteiger partial charge in [-0.1, -0.05) is 0 Å². The molecule has 0 aliphatic carbocycles. The Morgan fingerprint density at radius 2 is 2.03 bits per heavy atom. The van der Waals surface area contributed by atoms with Crippen LogP contribution in [-0.4, -0.2) is 49.4 Å². The van der Waals surface area contributed by atoms with Crippen LogP contribution < -0.4 is 4.90 Å². The second kappa shape index (κ2) is 9.11. The summed E-state index contributed by atoms with van der Waals surface area (Å²) in [4.78, 5) is 39.9. The first kappa shape index (κ1) is 22.6. The molecule has 2 amide bonds. The van der Waals surface area contributed by atoms with Crippen LogP contribution in [0.4, 0.5) is 17.1 Å². The van der Waals surface area contributed by atoms with Gasteiger partial charge in [-0.15, -0.1) is 5.11 Å². The number of aryl methyl sites for hydroxylation is 1. The monoisotopic (exact) mass is 509 g/mol. The average Bonchev–Trinajstić information content (AvgIpc) is 3.07. The molecule has 2 aromatic carbocycles. The molecule has 4 rings (SSSR count). The second-order valence-corrected chi connectivity index (χ2v) is 8.38. The summed E-state index contributed by atoms with van der Waals surface area (Å²) in [7, 11) is 1.37. The minimum absolute atomic E-state index is 0.144. The highest BCUT2D eigenvalue weighted by molar-refractivity contribution is 9.10. The fourth-order valence-corrected chi connectivity index (χ4v) is 4.75. The molecule has 0 unspecified atom stereocenters. The van der Waals surface area contributed by atoms with E-state index in [2.05, 4.69) is 26.2 Å². The number of hydrogen-bond donors (Lipinski definition) is 0. The largest absolute Gasteiger partial charge is 0.468 e. The van der Waals surface area contributed by atoms with Crippen molar-refractivity contribution in [3.63, 3.8) is 0 Å². The molecule has 0 saturated heterocycles. The fourth-order valence-electron chi connectivity index (χ4n) is 4.08. The van der Waals surface area contributed by atoms with Gasteiger partial charge in [0.15, 0.2) is 0 Å². The Labute approximate surface area is 198 Å². The molecule has 2 aliphatic rings. The van der Waals surface area contributed by atoms with Crippen LogP contribution in [0.3, 0.4) is 0 Å². The van der Waals surface area contributed by atoms with Gasteiger partial charge in [0.05, 0.1) is 34.0 Å². The number of nitriles is 1. The summed E-state index contributed by atoms with van der Waals surface area (Å²) in [5.74, 6) is -1.15. The quantitative estimate of drug-likeness (QED) is 0.337. The van der Waals surface area contributed by atoms with Gasteiger partial charge in [-0.25, -0.2) is 0 Å². The molecule has 2 aliphatic heterocycles. The molecular formula is C23H20BrN5O4. The predicted molar refractivity (Wildman–Crippen MR) is 123 cm³/mol. The van der Waals surface area contributed by atoms with Gasteiger partial charge in [0.1, 0.15) is 18.3 Å². The predicted octanol–water partition coefficient (Wildman–Crippen LogP) is 4.28. The third-order valence-corrected chi connectivity index (χ3v) is 6.47. The smallest absolute Gasteiger partial charge is 0.325 e. The maximum Gasteiger partial charge on any atom is 0.325 e. The number of amides is 2. The second-order valence-electron chi connectivity index (χ2n) is 7.59. The SMILES string of the molecule is CCN1C(=O)c2cc(C#N)c(N=Nc3ccc4c(c3)CCCN4CC(=O)OC)c(Br)c2C1=O. The number of imide groups is 1. The number of benzene rings is 2. The molecule has 0 atom stereocenters. The summed E-state index contributed by atoms with van der Waals surface area (Å²) in [6.45, 7) is 2.89. The third-order valence-electron chi connectivity index (χ3n) is 5.70. The number of anilines is 1. The molecule has 2 aromatic rings. The maximum absolute atomic E-state index is 12.7. The zero-order valence-electron chi connectivity index (χ0n) is 18.1. The summed E-state index contributed by atoms with van der Waals surface area (Å²) < 4.78 is 5.05. The van der Waals surface area contributed by atoms with Crippen molar-refractivity contribution in [2.75, 3.05) is 31.6 Å². The van der Waals surface area contributed by atoms with Gasteiger partial charge < -0.3 is 9.64 Å². The van der Waals surface area contributed by atoms with Crippen LogP contribution in [0.25, 0.3) is 0 Å². The lowest BCUT2D eigenvalue weighted by atomic mass is 10.0. The van der Waals surface area contributed by atoms with Crippen LogP contribution in [0.15, 0.2) is 39.0 Å². The number of esters is 1. The summed E-state index contributed by atoms with van der Waals surface area (Å²) in [6.07, 6.45) is 1.73. The molecule has 0 fully saturated rings. The van der Waals surface area contributed by atoms with Crippen LogP contribution in [0.2, 0.25) is 0 Å².